The molecule has 0 saturated carbocycles. The molecule has 2 unspecified atom stereocenters. The molecule has 0 N–H and O–H groups in total. The van der Waals surface area contributed by atoms with Crippen LogP contribution >= 0.6 is 38.9 Å². The van der Waals surface area contributed by atoms with E-state index in [1.165, 1.54) is 12.0 Å². The topological polar surface area (TPSA) is 9.23 Å². The number of ether oxygens (including phenoxy) is 1. The van der Waals surface area contributed by atoms with Crippen molar-refractivity contribution < 1.29 is 4.74 Å². The van der Waals surface area contributed by atoms with Gasteiger partial charge in [-0.15, -0.1) is 11.3 Å². The third kappa shape index (κ3) is 2.32. The first-order valence-corrected chi connectivity index (χ1v) is 7.13. The van der Waals surface area contributed by atoms with E-state index in [0.29, 0.717) is 6.10 Å². The highest BCUT2D eigenvalue weighted by atomic mass is 79.9. The van der Waals surface area contributed by atoms with Gasteiger partial charge in [-0.2, -0.15) is 0 Å². The second kappa shape index (κ2) is 4.97. The standard InChI is InChI=1S/C10H12BrClOS/c11-6-7-2-1-3-9(13-7)8-4-5-14-10(8)12/h4-5,7,9H,1-3,6H2. The third-order valence-corrected chi connectivity index (χ3v) is 4.44. The van der Waals surface area contributed by atoms with Gasteiger partial charge >= 0.3 is 0 Å². The molecule has 1 aromatic rings. The molecule has 78 valence electrons. The van der Waals surface area contributed by atoms with Crippen molar-refractivity contribution in [3.63, 3.8) is 0 Å². The third-order valence-electron chi connectivity index (χ3n) is 2.51. The Morgan fingerprint density at radius 3 is 3.07 bits per heavy atom. The van der Waals surface area contributed by atoms with E-state index < -0.39 is 0 Å². The number of alkyl halides is 1. The molecule has 1 fully saturated rings. The molecule has 2 heterocycles. The van der Waals surface area contributed by atoms with Gasteiger partial charge in [0.25, 0.3) is 0 Å². The fourth-order valence-electron chi connectivity index (χ4n) is 1.78. The zero-order valence-electron chi connectivity index (χ0n) is 7.71. The molecule has 0 bridgehead atoms. The van der Waals surface area contributed by atoms with Crippen LogP contribution in [-0.2, 0) is 4.74 Å². The van der Waals surface area contributed by atoms with Gasteiger partial charge in [-0.25, -0.2) is 0 Å². The average Bonchev–Trinajstić information content (AvgIpc) is 2.65. The molecule has 2 atom stereocenters. The van der Waals surface area contributed by atoms with Crippen LogP contribution in [0.3, 0.4) is 0 Å². The molecule has 2 rings (SSSR count). The summed E-state index contributed by atoms with van der Waals surface area (Å²) in [7, 11) is 0. The lowest BCUT2D eigenvalue weighted by Crippen LogP contribution is -2.23. The van der Waals surface area contributed by atoms with E-state index in [9.17, 15) is 0 Å². The molecule has 0 amide bonds. The molecule has 1 aliphatic heterocycles. The van der Waals surface area contributed by atoms with Crippen LogP contribution < -0.4 is 0 Å². The SMILES string of the molecule is Clc1sccc1C1CCCC(CBr)O1. The van der Waals surface area contributed by atoms with Crippen molar-refractivity contribution in [3.05, 3.63) is 21.3 Å². The highest BCUT2D eigenvalue weighted by molar-refractivity contribution is 9.09. The zero-order valence-corrected chi connectivity index (χ0v) is 10.9. The van der Waals surface area contributed by atoms with E-state index >= 15 is 0 Å². The smallest absolute Gasteiger partial charge is 0.0986 e. The van der Waals surface area contributed by atoms with Gasteiger partial charge in [-0.3, -0.25) is 0 Å². The van der Waals surface area contributed by atoms with Crippen LogP contribution in [0.4, 0.5) is 0 Å². The van der Waals surface area contributed by atoms with Crippen molar-refractivity contribution in [1.82, 2.24) is 0 Å². The second-order valence-corrected chi connectivity index (χ2v) is 5.65. The van der Waals surface area contributed by atoms with Crippen LogP contribution in [0.2, 0.25) is 4.34 Å². The van der Waals surface area contributed by atoms with E-state index in [-0.39, 0.29) is 6.10 Å². The van der Waals surface area contributed by atoms with E-state index in [1.54, 1.807) is 11.3 Å². The van der Waals surface area contributed by atoms with Crippen molar-refractivity contribution in [2.45, 2.75) is 31.5 Å². The Labute approximate surface area is 102 Å². The molecule has 0 aromatic carbocycles. The number of rotatable bonds is 2. The minimum absolute atomic E-state index is 0.213. The van der Waals surface area contributed by atoms with Crippen LogP contribution in [-0.4, -0.2) is 11.4 Å². The number of hydrogen-bond acceptors (Lipinski definition) is 2. The van der Waals surface area contributed by atoms with Gasteiger partial charge in [0.15, 0.2) is 0 Å². The molecule has 0 aliphatic carbocycles. The van der Waals surface area contributed by atoms with Crippen molar-refractivity contribution in [2.75, 3.05) is 5.33 Å². The maximum Gasteiger partial charge on any atom is 0.0986 e. The molecule has 14 heavy (non-hydrogen) atoms. The molecule has 1 nitrogen and oxygen atoms in total. The normalized spacial score (nSPS) is 27.9. The van der Waals surface area contributed by atoms with Crippen LogP contribution in [0, 0.1) is 0 Å². The summed E-state index contributed by atoms with van der Waals surface area (Å²) in [5.74, 6) is 0. The van der Waals surface area contributed by atoms with Crippen LogP contribution in [0.1, 0.15) is 30.9 Å². The first kappa shape index (κ1) is 10.9. The lowest BCUT2D eigenvalue weighted by molar-refractivity contribution is -0.0381. The summed E-state index contributed by atoms with van der Waals surface area (Å²) in [6.45, 7) is 0. The Kier molecular flexibility index (Phi) is 3.88. The first-order chi connectivity index (χ1) is 6.81. The fourth-order valence-corrected chi connectivity index (χ4v) is 3.26. The van der Waals surface area contributed by atoms with Gasteiger partial charge in [0.05, 0.1) is 16.5 Å². The van der Waals surface area contributed by atoms with Crippen LogP contribution in [0.15, 0.2) is 11.4 Å². The molecular formula is C10H12BrClOS. The van der Waals surface area contributed by atoms with Gasteiger partial charge in [-0.1, -0.05) is 27.5 Å². The van der Waals surface area contributed by atoms with Crippen molar-refractivity contribution >= 4 is 38.9 Å². The molecule has 0 spiro atoms. The Hall–Kier alpha value is 0.430. The summed E-state index contributed by atoms with van der Waals surface area (Å²) >= 11 is 11.1. The van der Waals surface area contributed by atoms with Gasteiger partial charge in [-0.05, 0) is 30.7 Å². The van der Waals surface area contributed by atoms with Gasteiger partial charge < -0.3 is 4.74 Å². The number of thiophene rings is 1. The molecule has 1 saturated heterocycles. The lowest BCUT2D eigenvalue weighted by atomic mass is 10.0. The molecule has 1 aromatic heterocycles. The van der Waals surface area contributed by atoms with Crippen molar-refractivity contribution in [1.29, 1.82) is 0 Å². The highest BCUT2D eigenvalue weighted by Crippen LogP contribution is 2.37. The van der Waals surface area contributed by atoms with Gasteiger partial charge in [0.2, 0.25) is 0 Å². The van der Waals surface area contributed by atoms with Crippen LogP contribution in [0.25, 0.3) is 0 Å². The first-order valence-electron chi connectivity index (χ1n) is 4.75. The zero-order chi connectivity index (χ0) is 9.97. The summed E-state index contributed by atoms with van der Waals surface area (Å²) in [6.07, 6.45) is 4.05. The maximum absolute atomic E-state index is 6.09. The van der Waals surface area contributed by atoms with E-state index in [1.807, 2.05) is 5.38 Å². The maximum atomic E-state index is 6.09. The average molecular weight is 296 g/mol. The Morgan fingerprint density at radius 2 is 2.43 bits per heavy atom. The minimum atomic E-state index is 0.213. The number of halogens is 2. The highest BCUT2D eigenvalue weighted by Gasteiger charge is 2.24. The molecule has 4 heteroatoms. The Balaban J connectivity index is 2.08. The minimum Gasteiger partial charge on any atom is -0.369 e. The Bertz CT molecular complexity index is 302. The quantitative estimate of drug-likeness (QED) is 0.735. The second-order valence-electron chi connectivity index (χ2n) is 3.48. The molecule has 0 radical (unpaired) electrons. The summed E-state index contributed by atoms with van der Waals surface area (Å²) in [4.78, 5) is 0. The summed E-state index contributed by atoms with van der Waals surface area (Å²) in [6, 6.07) is 2.08. The van der Waals surface area contributed by atoms with Crippen LogP contribution in [0.5, 0.6) is 0 Å². The van der Waals surface area contributed by atoms with Crippen molar-refractivity contribution in [2.24, 2.45) is 0 Å². The molecular weight excluding hydrogens is 284 g/mol. The predicted octanol–water partition coefficient (Wildman–Crippen LogP) is 4.41. The summed E-state index contributed by atoms with van der Waals surface area (Å²) in [5.41, 5.74) is 1.17. The summed E-state index contributed by atoms with van der Waals surface area (Å²) in [5, 5.41) is 2.95. The van der Waals surface area contributed by atoms with Crippen molar-refractivity contribution in [3.8, 4) is 0 Å². The van der Waals surface area contributed by atoms with E-state index in [4.69, 9.17) is 16.3 Å². The van der Waals surface area contributed by atoms with E-state index in [2.05, 4.69) is 22.0 Å². The molecule has 1 aliphatic rings. The lowest BCUT2D eigenvalue weighted by Gasteiger charge is -2.28. The largest absolute Gasteiger partial charge is 0.369 e. The Morgan fingerprint density at radius 1 is 1.57 bits per heavy atom. The predicted molar refractivity (Wildman–Crippen MR) is 64.6 cm³/mol. The van der Waals surface area contributed by atoms with E-state index in [0.717, 1.165) is 22.5 Å². The fraction of sp³-hybridized carbons (Fsp3) is 0.600. The number of hydrogen-bond donors (Lipinski definition) is 0. The van der Waals surface area contributed by atoms with Gasteiger partial charge in [0.1, 0.15) is 0 Å². The summed E-state index contributed by atoms with van der Waals surface area (Å²) < 4.78 is 6.82. The van der Waals surface area contributed by atoms with Gasteiger partial charge in [0, 0.05) is 10.9 Å². The monoisotopic (exact) mass is 294 g/mol.